The first-order chi connectivity index (χ1) is 12.2. The Hall–Kier alpha value is -2.19. The van der Waals surface area contributed by atoms with Crippen LogP contribution in [0.15, 0.2) is 24.5 Å². The first kappa shape index (κ1) is 16.3. The lowest BCUT2D eigenvalue weighted by atomic mass is 9.69. The molecule has 0 bridgehead atoms. The fourth-order valence-corrected chi connectivity index (χ4v) is 4.19. The molecule has 0 spiro atoms. The molecule has 1 saturated carbocycles. The van der Waals surface area contributed by atoms with Crippen molar-refractivity contribution in [3.8, 4) is 10.8 Å². The van der Waals surface area contributed by atoms with Crippen molar-refractivity contribution in [2.75, 3.05) is 31.2 Å². The summed E-state index contributed by atoms with van der Waals surface area (Å²) < 4.78 is 11.2. The molecule has 1 amide bonds. The molecule has 2 N–H and O–H groups in total. The van der Waals surface area contributed by atoms with Crippen molar-refractivity contribution >= 4 is 23.1 Å². The van der Waals surface area contributed by atoms with Crippen LogP contribution < -0.4 is 15.4 Å². The summed E-state index contributed by atoms with van der Waals surface area (Å²) in [4.78, 5) is 22.8. The van der Waals surface area contributed by atoms with Crippen LogP contribution in [0.1, 0.15) is 24.3 Å². The first-order valence-electron chi connectivity index (χ1n) is 8.40. The Morgan fingerprint density at radius 1 is 1.24 bits per heavy atom. The van der Waals surface area contributed by atoms with E-state index in [1.54, 1.807) is 12.4 Å². The number of ether oxygens (including phenoxy) is 2. The van der Waals surface area contributed by atoms with E-state index in [1.807, 2.05) is 12.1 Å². The van der Waals surface area contributed by atoms with Crippen molar-refractivity contribution in [1.82, 2.24) is 9.97 Å². The summed E-state index contributed by atoms with van der Waals surface area (Å²) in [5.41, 5.74) is 4.98. The smallest absolute Gasteiger partial charge is 0.230 e. The number of anilines is 1. The van der Waals surface area contributed by atoms with Gasteiger partial charge in [0.2, 0.25) is 11.0 Å². The Balaban J connectivity index is 1.45. The Labute approximate surface area is 149 Å². The predicted molar refractivity (Wildman–Crippen MR) is 94.2 cm³/mol. The molecule has 1 saturated heterocycles. The van der Waals surface area contributed by atoms with E-state index in [1.165, 1.54) is 11.3 Å². The molecule has 0 aromatic carbocycles. The molecule has 8 heteroatoms. The number of morpholine rings is 1. The maximum atomic E-state index is 11.8. The summed E-state index contributed by atoms with van der Waals surface area (Å²) in [6, 6.07) is 3.84. The Morgan fingerprint density at radius 2 is 2.04 bits per heavy atom. The average Bonchev–Trinajstić information content (AvgIpc) is 3.03. The standard InChI is InChI=1S/C17H20N4O3S/c18-15(22)17(4-1-5-17)16-20-11-14(25-16)24-12-2-3-13(19-10-12)21-6-8-23-9-7-21/h2-3,10-11H,1,4-9H2,(H2,18,22). The van der Waals surface area contributed by atoms with Crippen LogP contribution in [0.4, 0.5) is 5.82 Å². The number of nitrogens with two attached hydrogens (primary N) is 1. The van der Waals surface area contributed by atoms with Crippen LogP contribution in [0.25, 0.3) is 0 Å². The van der Waals surface area contributed by atoms with Gasteiger partial charge >= 0.3 is 0 Å². The van der Waals surface area contributed by atoms with E-state index in [9.17, 15) is 4.79 Å². The molecule has 4 rings (SSSR count). The molecule has 2 fully saturated rings. The monoisotopic (exact) mass is 360 g/mol. The second kappa shape index (κ2) is 6.61. The lowest BCUT2D eigenvalue weighted by Crippen LogP contribution is -2.46. The van der Waals surface area contributed by atoms with Crippen LogP contribution in [-0.2, 0) is 14.9 Å². The van der Waals surface area contributed by atoms with Gasteiger partial charge in [-0.25, -0.2) is 9.97 Å². The van der Waals surface area contributed by atoms with Gasteiger partial charge in [-0.15, -0.1) is 0 Å². The molecular formula is C17H20N4O3S. The summed E-state index contributed by atoms with van der Waals surface area (Å²) in [7, 11) is 0. The molecule has 0 atom stereocenters. The van der Waals surface area contributed by atoms with Crippen molar-refractivity contribution in [1.29, 1.82) is 0 Å². The molecule has 2 aliphatic rings. The van der Waals surface area contributed by atoms with Crippen LogP contribution in [0.5, 0.6) is 10.8 Å². The second-order valence-electron chi connectivity index (χ2n) is 6.34. The van der Waals surface area contributed by atoms with Gasteiger partial charge in [-0.2, -0.15) is 0 Å². The highest BCUT2D eigenvalue weighted by atomic mass is 32.1. The van der Waals surface area contributed by atoms with Crippen LogP contribution >= 0.6 is 11.3 Å². The van der Waals surface area contributed by atoms with Crippen molar-refractivity contribution < 1.29 is 14.3 Å². The maximum Gasteiger partial charge on any atom is 0.230 e. The third kappa shape index (κ3) is 3.07. The fraction of sp³-hybridized carbons (Fsp3) is 0.471. The van der Waals surface area contributed by atoms with Crippen molar-refractivity contribution in [2.24, 2.45) is 5.73 Å². The third-order valence-electron chi connectivity index (χ3n) is 4.85. The van der Waals surface area contributed by atoms with Gasteiger partial charge in [0.1, 0.15) is 22.0 Å². The summed E-state index contributed by atoms with van der Waals surface area (Å²) in [6.45, 7) is 3.15. The summed E-state index contributed by atoms with van der Waals surface area (Å²) in [6.07, 6.45) is 5.90. The first-order valence-corrected chi connectivity index (χ1v) is 9.22. The highest BCUT2D eigenvalue weighted by Gasteiger charge is 2.46. The number of pyridine rings is 1. The third-order valence-corrected chi connectivity index (χ3v) is 5.93. The summed E-state index contributed by atoms with van der Waals surface area (Å²) in [5.74, 6) is 1.27. The van der Waals surface area contributed by atoms with Crippen LogP contribution in [0, 0.1) is 0 Å². The molecule has 132 valence electrons. The Kier molecular flexibility index (Phi) is 4.30. The lowest BCUT2D eigenvalue weighted by molar-refractivity contribution is -0.126. The highest BCUT2D eigenvalue weighted by Crippen LogP contribution is 2.46. The van der Waals surface area contributed by atoms with E-state index in [0.29, 0.717) is 10.8 Å². The lowest BCUT2D eigenvalue weighted by Gasteiger charge is -2.36. The SMILES string of the molecule is NC(=O)C1(c2ncc(Oc3ccc(N4CCOCC4)nc3)s2)CCC1. The number of nitrogens with zero attached hydrogens (tertiary/aromatic N) is 3. The van der Waals surface area contributed by atoms with Crippen molar-refractivity contribution in [3.63, 3.8) is 0 Å². The number of carbonyl (C=O) groups is 1. The predicted octanol–water partition coefficient (Wildman–Crippen LogP) is 2.07. The van der Waals surface area contributed by atoms with Gasteiger partial charge in [0, 0.05) is 13.1 Å². The number of amides is 1. The minimum atomic E-state index is -0.593. The van der Waals surface area contributed by atoms with Gasteiger partial charge in [0.05, 0.1) is 25.6 Å². The highest BCUT2D eigenvalue weighted by molar-refractivity contribution is 7.13. The van der Waals surface area contributed by atoms with Gasteiger partial charge < -0.3 is 20.1 Å². The minimum Gasteiger partial charge on any atom is -0.443 e. The zero-order valence-electron chi connectivity index (χ0n) is 13.8. The summed E-state index contributed by atoms with van der Waals surface area (Å²) in [5, 5.41) is 1.39. The van der Waals surface area contributed by atoms with E-state index >= 15 is 0 Å². The molecule has 0 unspecified atom stereocenters. The molecular weight excluding hydrogens is 340 g/mol. The van der Waals surface area contributed by atoms with E-state index in [0.717, 1.165) is 56.4 Å². The molecule has 0 radical (unpaired) electrons. The Bertz CT molecular complexity index is 752. The molecule has 2 aromatic rings. The molecule has 2 aromatic heterocycles. The number of rotatable bonds is 5. The van der Waals surface area contributed by atoms with Crippen molar-refractivity contribution in [3.05, 3.63) is 29.5 Å². The topological polar surface area (TPSA) is 90.6 Å². The molecule has 25 heavy (non-hydrogen) atoms. The average molecular weight is 360 g/mol. The normalized spacial score (nSPS) is 19.3. The largest absolute Gasteiger partial charge is 0.443 e. The Morgan fingerprint density at radius 3 is 2.64 bits per heavy atom. The van der Waals surface area contributed by atoms with Crippen molar-refractivity contribution in [2.45, 2.75) is 24.7 Å². The van der Waals surface area contributed by atoms with Gasteiger partial charge in [0.15, 0.2) is 0 Å². The van der Waals surface area contributed by atoms with Gasteiger partial charge in [-0.05, 0) is 25.0 Å². The number of thiazole rings is 1. The zero-order valence-corrected chi connectivity index (χ0v) is 14.6. The van der Waals surface area contributed by atoms with Crippen LogP contribution in [-0.4, -0.2) is 42.2 Å². The maximum absolute atomic E-state index is 11.8. The molecule has 7 nitrogen and oxygen atoms in total. The van der Waals surface area contributed by atoms with E-state index in [2.05, 4.69) is 14.9 Å². The van der Waals surface area contributed by atoms with Crippen LogP contribution in [0.2, 0.25) is 0 Å². The van der Waals surface area contributed by atoms with Gasteiger partial charge in [0.25, 0.3) is 0 Å². The summed E-state index contributed by atoms with van der Waals surface area (Å²) >= 11 is 1.38. The number of hydrogen-bond acceptors (Lipinski definition) is 7. The molecule has 1 aliphatic heterocycles. The number of aromatic nitrogens is 2. The molecule has 3 heterocycles. The van der Waals surface area contributed by atoms with Gasteiger partial charge in [-0.1, -0.05) is 17.8 Å². The van der Waals surface area contributed by atoms with Gasteiger partial charge in [-0.3, -0.25) is 4.79 Å². The van der Waals surface area contributed by atoms with Crippen LogP contribution in [0.3, 0.4) is 0 Å². The number of primary amides is 1. The number of carbonyl (C=O) groups excluding carboxylic acids is 1. The number of hydrogen-bond donors (Lipinski definition) is 1. The van der Waals surface area contributed by atoms with E-state index < -0.39 is 5.41 Å². The fourth-order valence-electron chi connectivity index (χ4n) is 3.15. The second-order valence-corrected chi connectivity index (χ2v) is 7.33. The quantitative estimate of drug-likeness (QED) is 0.878. The molecule has 1 aliphatic carbocycles. The zero-order chi connectivity index (χ0) is 17.3. The van der Waals surface area contributed by atoms with E-state index in [-0.39, 0.29) is 5.91 Å². The van der Waals surface area contributed by atoms with E-state index in [4.69, 9.17) is 15.2 Å². The minimum absolute atomic E-state index is 0.295.